The first kappa shape index (κ1) is 8.31. The number of hydrogen-bond acceptors (Lipinski definition) is 2. The molecular formula is C9H14O2. The molecule has 0 spiro atoms. The first-order chi connectivity index (χ1) is 5.11. The Morgan fingerprint density at radius 2 is 2.18 bits per heavy atom. The van der Waals surface area contributed by atoms with Crippen molar-refractivity contribution in [3.63, 3.8) is 0 Å². The zero-order valence-corrected chi connectivity index (χ0v) is 7.20. The van der Waals surface area contributed by atoms with Gasteiger partial charge in [0.2, 0.25) is 0 Å². The Bertz CT molecular complexity index is 182. The Morgan fingerprint density at radius 3 is 2.64 bits per heavy atom. The van der Waals surface area contributed by atoms with E-state index in [1.54, 1.807) is 0 Å². The van der Waals surface area contributed by atoms with E-state index in [0.717, 1.165) is 0 Å². The summed E-state index contributed by atoms with van der Waals surface area (Å²) in [5, 5.41) is 0. The van der Waals surface area contributed by atoms with Gasteiger partial charge in [-0.3, -0.25) is 0 Å². The number of rotatable bonds is 1. The molecule has 0 saturated heterocycles. The normalized spacial score (nSPS) is 30.7. The van der Waals surface area contributed by atoms with Gasteiger partial charge in [0.25, 0.3) is 0 Å². The molecule has 1 rings (SSSR count). The van der Waals surface area contributed by atoms with Crippen molar-refractivity contribution in [2.24, 2.45) is 11.8 Å². The minimum Gasteiger partial charge on any atom is -0.458 e. The lowest BCUT2D eigenvalue weighted by molar-refractivity contribution is -0.148. The largest absolute Gasteiger partial charge is 0.458 e. The van der Waals surface area contributed by atoms with Crippen LogP contribution >= 0.6 is 0 Å². The standard InChI is InChI=1S/C9H14O2/c1-6(2)9-7(3)4-5-8(10)11-9/h4-7,9H,1-3H3/t7-,9-/m1/s1. The average Bonchev–Trinajstić information content (AvgIpc) is 1.94. The molecule has 11 heavy (non-hydrogen) atoms. The van der Waals surface area contributed by atoms with Gasteiger partial charge in [0.05, 0.1) is 0 Å². The van der Waals surface area contributed by atoms with Crippen LogP contribution in [0.2, 0.25) is 0 Å². The van der Waals surface area contributed by atoms with E-state index in [9.17, 15) is 4.79 Å². The molecule has 0 saturated carbocycles. The Kier molecular flexibility index (Phi) is 2.32. The molecule has 0 fully saturated rings. The SMILES string of the molecule is CC(C)[C@H]1OC(=O)C=C[C@H]1C. The van der Waals surface area contributed by atoms with E-state index in [2.05, 4.69) is 20.8 Å². The van der Waals surface area contributed by atoms with Crippen molar-refractivity contribution in [2.75, 3.05) is 0 Å². The van der Waals surface area contributed by atoms with Crippen molar-refractivity contribution in [3.05, 3.63) is 12.2 Å². The van der Waals surface area contributed by atoms with E-state index in [1.807, 2.05) is 6.08 Å². The summed E-state index contributed by atoms with van der Waals surface area (Å²) in [6.07, 6.45) is 3.48. The molecule has 2 heteroatoms. The predicted octanol–water partition coefficient (Wildman–Crippen LogP) is 1.76. The summed E-state index contributed by atoms with van der Waals surface area (Å²) in [6.45, 7) is 6.19. The first-order valence-corrected chi connectivity index (χ1v) is 4.00. The summed E-state index contributed by atoms with van der Waals surface area (Å²) in [4.78, 5) is 10.8. The molecule has 0 bridgehead atoms. The summed E-state index contributed by atoms with van der Waals surface area (Å²) in [5.41, 5.74) is 0. The third-order valence-corrected chi connectivity index (χ3v) is 1.96. The molecule has 1 aliphatic rings. The van der Waals surface area contributed by atoms with E-state index in [0.29, 0.717) is 11.8 Å². The highest BCUT2D eigenvalue weighted by Gasteiger charge is 2.25. The molecule has 0 aromatic carbocycles. The minimum atomic E-state index is -0.207. The van der Waals surface area contributed by atoms with E-state index < -0.39 is 0 Å². The molecule has 2 atom stereocenters. The second kappa shape index (κ2) is 3.07. The molecule has 2 nitrogen and oxygen atoms in total. The molecule has 1 heterocycles. The van der Waals surface area contributed by atoms with E-state index >= 15 is 0 Å². The van der Waals surface area contributed by atoms with Crippen molar-refractivity contribution in [1.82, 2.24) is 0 Å². The van der Waals surface area contributed by atoms with Gasteiger partial charge in [-0.15, -0.1) is 0 Å². The van der Waals surface area contributed by atoms with Crippen molar-refractivity contribution < 1.29 is 9.53 Å². The van der Waals surface area contributed by atoms with Crippen molar-refractivity contribution in [2.45, 2.75) is 26.9 Å². The van der Waals surface area contributed by atoms with Crippen LogP contribution < -0.4 is 0 Å². The van der Waals surface area contributed by atoms with Crippen molar-refractivity contribution in [3.8, 4) is 0 Å². The average molecular weight is 154 g/mol. The molecule has 0 N–H and O–H groups in total. The lowest BCUT2D eigenvalue weighted by Crippen LogP contribution is -2.31. The molecule has 62 valence electrons. The van der Waals surface area contributed by atoms with Crippen LogP contribution in [0.1, 0.15) is 20.8 Å². The monoisotopic (exact) mass is 154 g/mol. The molecule has 0 radical (unpaired) electrons. The fourth-order valence-corrected chi connectivity index (χ4v) is 1.36. The van der Waals surface area contributed by atoms with Crippen LogP contribution in [0.3, 0.4) is 0 Å². The number of cyclic esters (lactones) is 1. The lowest BCUT2D eigenvalue weighted by atomic mass is 9.93. The van der Waals surface area contributed by atoms with Crippen molar-refractivity contribution >= 4 is 5.97 Å². The summed E-state index contributed by atoms with van der Waals surface area (Å²) in [7, 11) is 0. The van der Waals surface area contributed by atoms with Gasteiger partial charge in [0.1, 0.15) is 6.10 Å². The van der Waals surface area contributed by atoms with E-state index in [1.165, 1.54) is 6.08 Å². The van der Waals surface area contributed by atoms with Gasteiger partial charge in [0, 0.05) is 12.0 Å². The summed E-state index contributed by atoms with van der Waals surface area (Å²) < 4.78 is 5.13. The molecule has 0 aromatic heterocycles. The fraction of sp³-hybridized carbons (Fsp3) is 0.667. The number of esters is 1. The summed E-state index contributed by atoms with van der Waals surface area (Å²) >= 11 is 0. The second-order valence-corrected chi connectivity index (χ2v) is 3.36. The molecule has 0 aliphatic carbocycles. The van der Waals surface area contributed by atoms with Gasteiger partial charge in [-0.2, -0.15) is 0 Å². The van der Waals surface area contributed by atoms with Crippen LogP contribution in [0, 0.1) is 11.8 Å². The summed E-state index contributed by atoms with van der Waals surface area (Å²) in [6, 6.07) is 0. The number of ether oxygens (including phenoxy) is 1. The number of hydrogen-bond donors (Lipinski definition) is 0. The molecule has 0 aromatic rings. The smallest absolute Gasteiger partial charge is 0.330 e. The van der Waals surface area contributed by atoms with Gasteiger partial charge in [-0.05, 0) is 5.92 Å². The molecule has 1 aliphatic heterocycles. The van der Waals surface area contributed by atoms with Gasteiger partial charge < -0.3 is 4.74 Å². The van der Waals surface area contributed by atoms with Crippen molar-refractivity contribution in [1.29, 1.82) is 0 Å². The van der Waals surface area contributed by atoms with Crippen LogP contribution in [0.4, 0.5) is 0 Å². The van der Waals surface area contributed by atoms with Crippen LogP contribution in [-0.4, -0.2) is 12.1 Å². The Balaban J connectivity index is 2.68. The van der Waals surface area contributed by atoms with E-state index in [4.69, 9.17) is 4.74 Å². The zero-order valence-electron chi connectivity index (χ0n) is 7.20. The molecule has 0 amide bonds. The topological polar surface area (TPSA) is 26.3 Å². The summed E-state index contributed by atoms with van der Waals surface area (Å²) in [5.74, 6) is 0.549. The van der Waals surface area contributed by atoms with Crippen LogP contribution in [0.25, 0.3) is 0 Å². The highest BCUT2D eigenvalue weighted by atomic mass is 16.5. The Labute approximate surface area is 67.2 Å². The lowest BCUT2D eigenvalue weighted by Gasteiger charge is -2.27. The van der Waals surface area contributed by atoms with Crippen LogP contribution in [0.15, 0.2) is 12.2 Å². The van der Waals surface area contributed by atoms with Crippen LogP contribution in [-0.2, 0) is 9.53 Å². The van der Waals surface area contributed by atoms with E-state index in [-0.39, 0.29) is 12.1 Å². The maximum atomic E-state index is 10.8. The van der Waals surface area contributed by atoms with Gasteiger partial charge in [0.15, 0.2) is 0 Å². The number of carbonyl (C=O) groups excluding carboxylic acids is 1. The zero-order chi connectivity index (χ0) is 8.43. The Morgan fingerprint density at radius 1 is 1.55 bits per heavy atom. The maximum Gasteiger partial charge on any atom is 0.330 e. The van der Waals surface area contributed by atoms with Gasteiger partial charge >= 0.3 is 5.97 Å². The number of carbonyl (C=O) groups is 1. The molecular weight excluding hydrogens is 140 g/mol. The van der Waals surface area contributed by atoms with Gasteiger partial charge in [-0.25, -0.2) is 4.79 Å². The minimum absolute atomic E-state index is 0.0625. The fourth-order valence-electron chi connectivity index (χ4n) is 1.36. The maximum absolute atomic E-state index is 10.8. The quantitative estimate of drug-likeness (QED) is 0.538. The third kappa shape index (κ3) is 1.82. The van der Waals surface area contributed by atoms with Gasteiger partial charge in [-0.1, -0.05) is 26.8 Å². The predicted molar refractivity (Wildman–Crippen MR) is 43.0 cm³/mol. The first-order valence-electron chi connectivity index (χ1n) is 4.00. The highest BCUT2D eigenvalue weighted by molar-refractivity contribution is 5.82. The highest BCUT2D eigenvalue weighted by Crippen LogP contribution is 2.21. The third-order valence-electron chi connectivity index (χ3n) is 1.96. The van der Waals surface area contributed by atoms with Crippen LogP contribution in [0.5, 0.6) is 0 Å². The Hall–Kier alpha value is -0.790. The second-order valence-electron chi connectivity index (χ2n) is 3.36. The molecule has 0 unspecified atom stereocenters.